The fraction of sp³-hybridized carbons (Fsp3) is 1.00. The molecular weight excluding hydrogens is 143 g/mol. The lowest BCUT2D eigenvalue weighted by Gasteiger charge is -2.35. The molecule has 0 unspecified atom stereocenters. The van der Waals surface area contributed by atoms with Crippen LogP contribution in [0.2, 0.25) is 0 Å². The number of nitrogens with two attached hydrogens (primary N) is 1. The van der Waals surface area contributed by atoms with Crippen LogP contribution in [0.1, 0.15) is 20.3 Å². The average molecular weight is 160 g/mol. The molecule has 1 saturated heterocycles. The Morgan fingerprint density at radius 2 is 2.18 bits per heavy atom. The Kier molecular flexibility index (Phi) is 2.84. The molecule has 1 heterocycles. The summed E-state index contributed by atoms with van der Waals surface area (Å²) < 4.78 is 13.0. The predicted molar refractivity (Wildman–Crippen MR) is 44.2 cm³/mol. The summed E-state index contributed by atoms with van der Waals surface area (Å²) in [4.78, 5) is 2.13. The van der Waals surface area contributed by atoms with E-state index in [4.69, 9.17) is 5.73 Å². The van der Waals surface area contributed by atoms with E-state index in [0.717, 1.165) is 13.0 Å². The van der Waals surface area contributed by atoms with Gasteiger partial charge in [0.25, 0.3) is 0 Å². The van der Waals surface area contributed by atoms with Gasteiger partial charge in [0.15, 0.2) is 0 Å². The molecule has 0 aromatic carbocycles. The van der Waals surface area contributed by atoms with Gasteiger partial charge in [0.1, 0.15) is 6.17 Å². The molecule has 2 atom stereocenters. The zero-order valence-corrected chi connectivity index (χ0v) is 7.26. The molecule has 2 N–H and O–H groups in total. The van der Waals surface area contributed by atoms with Crippen molar-refractivity contribution in [2.24, 2.45) is 5.73 Å². The van der Waals surface area contributed by atoms with Gasteiger partial charge >= 0.3 is 0 Å². The highest BCUT2D eigenvalue weighted by Crippen LogP contribution is 2.14. The van der Waals surface area contributed by atoms with Crippen molar-refractivity contribution in [1.82, 2.24) is 4.90 Å². The van der Waals surface area contributed by atoms with Crippen molar-refractivity contribution in [1.29, 1.82) is 0 Å². The first-order valence-corrected chi connectivity index (χ1v) is 4.25. The Hall–Kier alpha value is -0.150. The minimum absolute atomic E-state index is 0.231. The molecule has 0 bridgehead atoms. The summed E-state index contributed by atoms with van der Waals surface area (Å²) in [7, 11) is 0. The Morgan fingerprint density at radius 1 is 1.55 bits per heavy atom. The summed E-state index contributed by atoms with van der Waals surface area (Å²) in [6, 6.07) is 0.214. The fourth-order valence-corrected chi connectivity index (χ4v) is 1.42. The van der Waals surface area contributed by atoms with Gasteiger partial charge in [-0.1, -0.05) is 0 Å². The first kappa shape index (κ1) is 8.94. The summed E-state index contributed by atoms with van der Waals surface area (Å²) >= 11 is 0. The Balaban J connectivity index is 2.40. The first-order chi connectivity index (χ1) is 5.11. The maximum Gasteiger partial charge on any atom is 0.128 e. The van der Waals surface area contributed by atoms with Crippen molar-refractivity contribution >= 4 is 0 Å². The third-order valence-electron chi connectivity index (χ3n) is 2.35. The molecule has 11 heavy (non-hydrogen) atoms. The number of alkyl halides is 1. The molecule has 0 aromatic rings. The highest BCUT2D eigenvalue weighted by molar-refractivity contribution is 4.83. The van der Waals surface area contributed by atoms with E-state index in [1.807, 2.05) is 0 Å². The molecule has 0 radical (unpaired) electrons. The smallest absolute Gasteiger partial charge is 0.128 e. The summed E-state index contributed by atoms with van der Waals surface area (Å²) in [6.45, 7) is 5.63. The summed E-state index contributed by atoms with van der Waals surface area (Å²) in [6.07, 6.45) is -0.0366. The number of nitrogens with zero attached hydrogens (tertiary/aromatic N) is 1. The number of piperidine rings is 1. The van der Waals surface area contributed by atoms with Crippen LogP contribution >= 0.6 is 0 Å². The van der Waals surface area contributed by atoms with E-state index >= 15 is 0 Å². The molecule has 0 aromatic heterocycles. The minimum Gasteiger partial charge on any atom is -0.325 e. The second kappa shape index (κ2) is 3.50. The van der Waals surface area contributed by atoms with E-state index in [0.29, 0.717) is 12.6 Å². The van der Waals surface area contributed by atoms with Crippen molar-refractivity contribution in [2.45, 2.75) is 38.5 Å². The van der Waals surface area contributed by atoms with Crippen molar-refractivity contribution in [3.8, 4) is 0 Å². The van der Waals surface area contributed by atoms with Crippen LogP contribution in [-0.4, -0.2) is 36.2 Å². The predicted octanol–water partition coefficient (Wildman–Crippen LogP) is 0.766. The molecule has 2 nitrogen and oxygen atoms in total. The normalized spacial score (nSPS) is 34.6. The quantitative estimate of drug-likeness (QED) is 0.614. The monoisotopic (exact) mass is 160 g/mol. The Bertz CT molecular complexity index is 127. The lowest BCUT2D eigenvalue weighted by molar-refractivity contribution is 0.0959. The van der Waals surface area contributed by atoms with Gasteiger partial charge in [0.2, 0.25) is 0 Å². The fourth-order valence-electron chi connectivity index (χ4n) is 1.42. The van der Waals surface area contributed by atoms with Crippen LogP contribution in [0.3, 0.4) is 0 Å². The van der Waals surface area contributed by atoms with Gasteiger partial charge in [-0.2, -0.15) is 0 Å². The van der Waals surface area contributed by atoms with Crippen LogP contribution in [0.15, 0.2) is 0 Å². The van der Waals surface area contributed by atoms with Crippen LogP contribution in [-0.2, 0) is 0 Å². The van der Waals surface area contributed by atoms with Gasteiger partial charge < -0.3 is 5.73 Å². The van der Waals surface area contributed by atoms with E-state index in [1.54, 1.807) is 0 Å². The number of halogens is 1. The molecule has 0 spiro atoms. The highest BCUT2D eigenvalue weighted by atomic mass is 19.1. The van der Waals surface area contributed by atoms with Crippen molar-refractivity contribution in [2.75, 3.05) is 13.1 Å². The second-order valence-corrected chi connectivity index (χ2v) is 3.56. The van der Waals surface area contributed by atoms with Crippen LogP contribution in [0.4, 0.5) is 4.39 Å². The third-order valence-corrected chi connectivity index (χ3v) is 2.35. The van der Waals surface area contributed by atoms with Gasteiger partial charge in [-0.25, -0.2) is 4.39 Å². The highest BCUT2D eigenvalue weighted by Gasteiger charge is 2.27. The molecule has 0 aliphatic carbocycles. The van der Waals surface area contributed by atoms with Crippen molar-refractivity contribution in [3.05, 3.63) is 0 Å². The number of likely N-dealkylation sites (tertiary alicyclic amines) is 1. The molecule has 1 fully saturated rings. The third kappa shape index (κ3) is 2.14. The molecule has 1 aliphatic rings. The molecule has 1 aliphatic heterocycles. The second-order valence-electron chi connectivity index (χ2n) is 3.56. The average Bonchev–Trinajstić information content (AvgIpc) is 1.94. The lowest BCUT2D eigenvalue weighted by Crippen LogP contribution is -2.50. The molecule has 0 amide bonds. The Labute approximate surface area is 67.6 Å². The summed E-state index contributed by atoms with van der Waals surface area (Å²) in [5.41, 5.74) is 5.54. The standard InChI is InChI=1S/C8H17FN2/c1-6(2)11-4-3-8(10)7(9)5-11/h6-8H,3-5,10H2,1-2H3/t7-,8+/m1/s1. The van der Waals surface area contributed by atoms with Gasteiger partial charge in [-0.05, 0) is 20.3 Å². The van der Waals surface area contributed by atoms with E-state index in [2.05, 4.69) is 18.7 Å². The SMILES string of the molecule is CC(C)N1CC[C@H](N)[C@H](F)C1. The molecule has 1 rings (SSSR count). The van der Waals surface area contributed by atoms with Crippen molar-refractivity contribution in [3.63, 3.8) is 0 Å². The number of hydrogen-bond donors (Lipinski definition) is 1. The zero-order valence-electron chi connectivity index (χ0n) is 7.26. The minimum atomic E-state index is -0.828. The van der Waals surface area contributed by atoms with Crippen molar-refractivity contribution < 1.29 is 4.39 Å². The topological polar surface area (TPSA) is 29.3 Å². The molecule has 0 saturated carbocycles. The van der Waals surface area contributed by atoms with E-state index in [9.17, 15) is 4.39 Å². The molecule has 66 valence electrons. The maximum atomic E-state index is 13.0. The van der Waals surface area contributed by atoms with Gasteiger partial charge in [0.05, 0.1) is 0 Å². The van der Waals surface area contributed by atoms with Gasteiger partial charge in [-0.3, -0.25) is 4.90 Å². The van der Waals surface area contributed by atoms with Gasteiger partial charge in [-0.15, -0.1) is 0 Å². The van der Waals surface area contributed by atoms with Crippen LogP contribution in [0.25, 0.3) is 0 Å². The van der Waals surface area contributed by atoms with E-state index < -0.39 is 6.17 Å². The zero-order chi connectivity index (χ0) is 8.43. The number of rotatable bonds is 1. The molecular formula is C8H17FN2. The van der Waals surface area contributed by atoms with E-state index in [1.165, 1.54) is 0 Å². The van der Waals surface area contributed by atoms with Crippen LogP contribution < -0.4 is 5.73 Å². The lowest BCUT2D eigenvalue weighted by atomic mass is 10.0. The summed E-state index contributed by atoms with van der Waals surface area (Å²) in [5, 5.41) is 0. The van der Waals surface area contributed by atoms with Crippen LogP contribution in [0, 0.1) is 0 Å². The Morgan fingerprint density at radius 3 is 2.64 bits per heavy atom. The van der Waals surface area contributed by atoms with E-state index in [-0.39, 0.29) is 6.04 Å². The van der Waals surface area contributed by atoms with Gasteiger partial charge in [0, 0.05) is 25.2 Å². The molecule has 3 heteroatoms. The number of hydrogen-bond acceptors (Lipinski definition) is 2. The first-order valence-electron chi connectivity index (χ1n) is 4.25. The van der Waals surface area contributed by atoms with Crippen LogP contribution in [0.5, 0.6) is 0 Å². The maximum absolute atomic E-state index is 13.0. The largest absolute Gasteiger partial charge is 0.325 e. The summed E-state index contributed by atoms with van der Waals surface area (Å²) in [5.74, 6) is 0.